The summed E-state index contributed by atoms with van der Waals surface area (Å²) in [6.07, 6.45) is 3.31. The van der Waals surface area contributed by atoms with Crippen molar-refractivity contribution in [2.24, 2.45) is 7.05 Å². The first kappa shape index (κ1) is 16.0. The van der Waals surface area contributed by atoms with E-state index in [0.717, 1.165) is 11.1 Å². The quantitative estimate of drug-likeness (QED) is 0.720. The maximum absolute atomic E-state index is 12.3. The zero-order valence-corrected chi connectivity index (χ0v) is 13.5. The van der Waals surface area contributed by atoms with Gasteiger partial charge >= 0.3 is 5.97 Å². The van der Waals surface area contributed by atoms with Crippen molar-refractivity contribution in [1.29, 1.82) is 0 Å². The van der Waals surface area contributed by atoms with Crippen molar-refractivity contribution in [1.82, 2.24) is 9.55 Å². The minimum absolute atomic E-state index is 0.0381. The van der Waals surface area contributed by atoms with Crippen molar-refractivity contribution in [2.75, 3.05) is 6.61 Å². The normalized spacial score (nSPS) is 11.0. The summed E-state index contributed by atoms with van der Waals surface area (Å²) in [6.45, 7) is 1.65. The van der Waals surface area contributed by atoms with Gasteiger partial charge in [-0.3, -0.25) is 4.98 Å². The van der Waals surface area contributed by atoms with Gasteiger partial charge in [0.05, 0.1) is 24.5 Å². The Hall–Kier alpha value is -2.86. The number of fused-ring (bicyclic) bond motifs is 1. The van der Waals surface area contributed by atoms with Crippen molar-refractivity contribution in [3.05, 3.63) is 47.9 Å². The Morgan fingerprint density at radius 3 is 2.79 bits per heavy atom. The number of hydrogen-bond acceptors (Lipinski definition) is 5. The van der Waals surface area contributed by atoms with E-state index in [9.17, 15) is 15.0 Å². The third-order valence-corrected chi connectivity index (χ3v) is 4.04. The van der Waals surface area contributed by atoms with Gasteiger partial charge in [-0.05, 0) is 25.1 Å². The van der Waals surface area contributed by atoms with E-state index in [4.69, 9.17) is 4.74 Å². The third-order valence-electron chi connectivity index (χ3n) is 4.04. The van der Waals surface area contributed by atoms with Gasteiger partial charge in [-0.25, -0.2) is 4.79 Å². The predicted molar refractivity (Wildman–Crippen MR) is 89.7 cm³/mol. The molecule has 0 aliphatic heterocycles. The molecule has 0 bridgehead atoms. The first-order valence-corrected chi connectivity index (χ1v) is 7.61. The number of esters is 1. The molecule has 3 rings (SSSR count). The maximum atomic E-state index is 12.3. The highest BCUT2D eigenvalue weighted by Gasteiger charge is 2.23. The van der Waals surface area contributed by atoms with Crippen LogP contribution < -0.4 is 0 Å². The van der Waals surface area contributed by atoms with Crippen LogP contribution in [0.2, 0.25) is 0 Å². The number of aromatic nitrogens is 2. The molecule has 6 nitrogen and oxygen atoms in total. The summed E-state index contributed by atoms with van der Waals surface area (Å²) in [5.74, 6) is -0.475. The summed E-state index contributed by atoms with van der Waals surface area (Å²) < 4.78 is 6.83. The van der Waals surface area contributed by atoms with Crippen molar-refractivity contribution < 1.29 is 19.7 Å². The largest absolute Gasteiger partial charge is 0.507 e. The molecule has 0 fully saturated rings. The summed E-state index contributed by atoms with van der Waals surface area (Å²) in [5.41, 5.74) is 2.83. The second kappa shape index (κ2) is 6.33. The summed E-state index contributed by atoms with van der Waals surface area (Å²) in [6, 6.07) is 6.94. The molecule has 0 aliphatic rings. The van der Waals surface area contributed by atoms with Crippen LogP contribution in [0.3, 0.4) is 0 Å². The number of nitrogens with zero attached hydrogens (tertiary/aromatic N) is 2. The molecule has 0 unspecified atom stereocenters. The van der Waals surface area contributed by atoms with Gasteiger partial charge < -0.3 is 19.5 Å². The van der Waals surface area contributed by atoms with E-state index in [1.807, 2.05) is 6.07 Å². The Morgan fingerprint density at radius 2 is 2.17 bits per heavy atom. The van der Waals surface area contributed by atoms with Crippen LogP contribution in [0.4, 0.5) is 0 Å². The lowest BCUT2D eigenvalue weighted by atomic mass is 10.0. The SMILES string of the molecule is CCOC(=O)c1c(CO)n(C)c2cc(-c3cccnc3)c(O)cc12. The van der Waals surface area contributed by atoms with Gasteiger partial charge in [-0.2, -0.15) is 0 Å². The molecule has 0 amide bonds. The second-order valence-corrected chi connectivity index (χ2v) is 5.39. The van der Waals surface area contributed by atoms with Gasteiger partial charge in [0.2, 0.25) is 0 Å². The van der Waals surface area contributed by atoms with Gasteiger partial charge in [-0.1, -0.05) is 6.07 Å². The highest BCUT2D eigenvalue weighted by atomic mass is 16.5. The highest BCUT2D eigenvalue weighted by Crippen LogP contribution is 2.36. The second-order valence-electron chi connectivity index (χ2n) is 5.39. The molecule has 0 atom stereocenters. The lowest BCUT2D eigenvalue weighted by molar-refractivity contribution is 0.0524. The van der Waals surface area contributed by atoms with E-state index in [2.05, 4.69) is 4.98 Å². The minimum atomic E-state index is -0.513. The van der Waals surface area contributed by atoms with Gasteiger partial charge in [-0.15, -0.1) is 0 Å². The van der Waals surface area contributed by atoms with Crippen molar-refractivity contribution >= 4 is 16.9 Å². The van der Waals surface area contributed by atoms with E-state index < -0.39 is 5.97 Å². The average molecular weight is 326 g/mol. The van der Waals surface area contributed by atoms with Crippen molar-refractivity contribution in [3.8, 4) is 16.9 Å². The summed E-state index contributed by atoms with van der Waals surface area (Å²) >= 11 is 0. The molecule has 6 heteroatoms. The number of carbonyl (C=O) groups is 1. The summed E-state index contributed by atoms with van der Waals surface area (Å²) in [7, 11) is 1.76. The average Bonchev–Trinajstić information content (AvgIpc) is 2.86. The molecule has 0 saturated carbocycles. The fraction of sp³-hybridized carbons (Fsp3) is 0.222. The molecule has 2 heterocycles. The molecule has 0 aliphatic carbocycles. The van der Waals surface area contributed by atoms with Crippen LogP contribution in [0.5, 0.6) is 5.75 Å². The van der Waals surface area contributed by atoms with Crippen LogP contribution in [0.15, 0.2) is 36.7 Å². The van der Waals surface area contributed by atoms with Gasteiger partial charge in [0.15, 0.2) is 0 Å². The van der Waals surface area contributed by atoms with E-state index in [1.165, 1.54) is 6.07 Å². The van der Waals surface area contributed by atoms with Crippen LogP contribution in [0.1, 0.15) is 23.0 Å². The first-order chi connectivity index (χ1) is 11.6. The minimum Gasteiger partial charge on any atom is -0.507 e. The molecule has 24 heavy (non-hydrogen) atoms. The van der Waals surface area contributed by atoms with E-state index >= 15 is 0 Å². The number of aliphatic hydroxyl groups is 1. The first-order valence-electron chi connectivity index (χ1n) is 7.61. The number of ether oxygens (including phenoxy) is 1. The Morgan fingerprint density at radius 1 is 1.38 bits per heavy atom. The molecule has 3 aromatic rings. The van der Waals surface area contributed by atoms with Crippen LogP contribution in [-0.2, 0) is 18.4 Å². The summed E-state index contributed by atoms with van der Waals surface area (Å²) in [4.78, 5) is 16.3. The molecule has 0 saturated heterocycles. The number of aliphatic hydroxyl groups excluding tert-OH is 1. The van der Waals surface area contributed by atoms with E-state index in [0.29, 0.717) is 16.6 Å². The Kier molecular flexibility index (Phi) is 4.22. The van der Waals surface area contributed by atoms with Crippen LogP contribution in [0, 0.1) is 0 Å². The number of aromatic hydroxyl groups is 1. The topological polar surface area (TPSA) is 84.6 Å². The molecule has 0 spiro atoms. The zero-order valence-electron chi connectivity index (χ0n) is 13.5. The number of aryl methyl sites for hydroxylation is 1. The molecule has 2 N–H and O–H groups in total. The molecule has 124 valence electrons. The third kappa shape index (κ3) is 2.51. The zero-order chi connectivity index (χ0) is 17.3. The number of phenolic OH excluding ortho intramolecular Hbond substituents is 1. The Labute approximate surface area is 138 Å². The molecule has 0 radical (unpaired) electrons. The highest BCUT2D eigenvalue weighted by molar-refractivity contribution is 6.07. The lowest BCUT2D eigenvalue weighted by Crippen LogP contribution is -2.08. The summed E-state index contributed by atoms with van der Waals surface area (Å²) in [5, 5.41) is 20.6. The van der Waals surface area contributed by atoms with E-state index in [-0.39, 0.29) is 24.5 Å². The maximum Gasteiger partial charge on any atom is 0.340 e. The Balaban J connectivity index is 2.29. The number of carbonyl (C=O) groups excluding carboxylic acids is 1. The Bertz CT molecular complexity index is 901. The fourth-order valence-electron chi connectivity index (χ4n) is 2.89. The van der Waals surface area contributed by atoms with Gasteiger partial charge in [0.1, 0.15) is 5.75 Å². The number of hydrogen-bond donors (Lipinski definition) is 2. The van der Waals surface area contributed by atoms with Crippen LogP contribution in [0.25, 0.3) is 22.0 Å². The smallest absolute Gasteiger partial charge is 0.340 e. The number of phenols is 1. The van der Waals surface area contributed by atoms with Crippen LogP contribution in [-0.4, -0.2) is 32.3 Å². The number of rotatable bonds is 4. The molecular weight excluding hydrogens is 308 g/mol. The fourth-order valence-corrected chi connectivity index (χ4v) is 2.89. The van der Waals surface area contributed by atoms with Gasteiger partial charge in [0.25, 0.3) is 0 Å². The van der Waals surface area contributed by atoms with Crippen molar-refractivity contribution in [2.45, 2.75) is 13.5 Å². The van der Waals surface area contributed by atoms with Crippen LogP contribution >= 0.6 is 0 Å². The molecule has 2 aromatic heterocycles. The number of benzene rings is 1. The lowest BCUT2D eigenvalue weighted by Gasteiger charge is -2.06. The monoisotopic (exact) mass is 326 g/mol. The van der Waals surface area contributed by atoms with Gasteiger partial charge in [0, 0.05) is 41.5 Å². The molecular formula is C18H18N2O4. The standard InChI is InChI=1S/C18H18N2O4/c1-3-24-18(23)17-13-8-16(22)12(11-5-4-6-19-9-11)7-14(13)20(2)15(17)10-21/h4-9,21-22H,3,10H2,1-2H3. The van der Waals surface area contributed by atoms with Crippen molar-refractivity contribution in [3.63, 3.8) is 0 Å². The number of pyridine rings is 1. The molecule has 1 aromatic carbocycles. The van der Waals surface area contributed by atoms with E-state index in [1.54, 1.807) is 43.1 Å². The predicted octanol–water partition coefficient (Wildman–Crippen LogP) is 2.61.